The van der Waals surface area contributed by atoms with Crippen LogP contribution in [0.2, 0.25) is 5.02 Å². The van der Waals surface area contributed by atoms with E-state index in [0.717, 1.165) is 32.2 Å². The van der Waals surface area contributed by atoms with Crippen LogP contribution in [0.3, 0.4) is 0 Å². The van der Waals surface area contributed by atoms with Crippen LogP contribution in [-0.2, 0) is 11.2 Å². The molecule has 0 saturated heterocycles. The number of benzene rings is 1. The number of hydrogen-bond donors (Lipinski definition) is 1. The second-order valence-corrected chi connectivity index (χ2v) is 6.47. The van der Waals surface area contributed by atoms with Gasteiger partial charge in [0.05, 0.1) is 5.60 Å². The SMILES string of the molecule is CCCNC(Cc1cc(Cl)ccc1F)CC1(OC)CCC1. The maximum Gasteiger partial charge on any atom is 0.126 e. The zero-order valence-corrected chi connectivity index (χ0v) is 13.7. The summed E-state index contributed by atoms with van der Waals surface area (Å²) in [4.78, 5) is 0. The first-order valence-electron chi connectivity index (χ1n) is 7.81. The summed E-state index contributed by atoms with van der Waals surface area (Å²) in [5, 5.41) is 4.12. The molecular weight excluding hydrogens is 289 g/mol. The lowest BCUT2D eigenvalue weighted by molar-refractivity contribution is -0.0834. The highest BCUT2D eigenvalue weighted by Crippen LogP contribution is 2.39. The summed E-state index contributed by atoms with van der Waals surface area (Å²) < 4.78 is 19.7. The number of nitrogens with one attached hydrogen (secondary N) is 1. The van der Waals surface area contributed by atoms with Crippen LogP contribution in [0.4, 0.5) is 4.39 Å². The zero-order valence-electron chi connectivity index (χ0n) is 12.9. The lowest BCUT2D eigenvalue weighted by Gasteiger charge is -2.43. The van der Waals surface area contributed by atoms with Crippen molar-refractivity contribution in [3.8, 4) is 0 Å². The molecule has 0 heterocycles. The maximum atomic E-state index is 13.9. The monoisotopic (exact) mass is 313 g/mol. The molecule has 4 heteroatoms. The Labute approximate surface area is 132 Å². The summed E-state index contributed by atoms with van der Waals surface area (Å²) in [5.74, 6) is -0.178. The second-order valence-electron chi connectivity index (χ2n) is 6.04. The molecule has 0 aromatic heterocycles. The molecule has 1 aromatic carbocycles. The van der Waals surface area contributed by atoms with Crippen molar-refractivity contribution in [2.45, 2.75) is 57.1 Å². The molecular formula is C17H25ClFNO. The molecule has 1 atom stereocenters. The van der Waals surface area contributed by atoms with Gasteiger partial charge in [-0.3, -0.25) is 0 Å². The topological polar surface area (TPSA) is 21.3 Å². The van der Waals surface area contributed by atoms with E-state index in [9.17, 15) is 4.39 Å². The lowest BCUT2D eigenvalue weighted by atomic mass is 9.75. The third-order valence-corrected chi connectivity index (χ3v) is 4.71. The highest BCUT2D eigenvalue weighted by atomic mass is 35.5. The molecule has 2 nitrogen and oxygen atoms in total. The van der Waals surface area contributed by atoms with Crippen LogP contribution in [0.5, 0.6) is 0 Å². The molecule has 21 heavy (non-hydrogen) atoms. The quantitative estimate of drug-likeness (QED) is 0.770. The molecule has 0 aliphatic heterocycles. The molecule has 0 bridgehead atoms. The Balaban J connectivity index is 2.06. The number of methoxy groups -OCH3 is 1. The fourth-order valence-corrected chi connectivity index (χ4v) is 3.24. The molecule has 1 aliphatic rings. The van der Waals surface area contributed by atoms with Gasteiger partial charge >= 0.3 is 0 Å². The van der Waals surface area contributed by atoms with Gasteiger partial charge in [-0.1, -0.05) is 18.5 Å². The van der Waals surface area contributed by atoms with Gasteiger partial charge in [0.25, 0.3) is 0 Å². The molecule has 1 saturated carbocycles. The van der Waals surface area contributed by atoms with Crippen molar-refractivity contribution in [2.75, 3.05) is 13.7 Å². The third-order valence-electron chi connectivity index (χ3n) is 4.47. The average molecular weight is 314 g/mol. The summed E-state index contributed by atoms with van der Waals surface area (Å²) in [5.41, 5.74) is 0.669. The number of halogens is 2. The van der Waals surface area contributed by atoms with E-state index in [1.807, 2.05) is 0 Å². The van der Waals surface area contributed by atoms with Gasteiger partial charge < -0.3 is 10.1 Å². The molecule has 1 fully saturated rings. The summed E-state index contributed by atoms with van der Waals surface area (Å²) in [6.07, 6.45) is 6.07. The van der Waals surface area contributed by atoms with E-state index in [0.29, 0.717) is 17.0 Å². The predicted octanol–water partition coefficient (Wildman–Crippen LogP) is 4.35. The number of hydrogen-bond acceptors (Lipinski definition) is 2. The molecule has 1 unspecified atom stereocenters. The van der Waals surface area contributed by atoms with Crippen LogP contribution in [-0.4, -0.2) is 25.3 Å². The van der Waals surface area contributed by atoms with Crippen LogP contribution in [0, 0.1) is 5.82 Å². The number of rotatable bonds is 8. The minimum atomic E-state index is -0.178. The van der Waals surface area contributed by atoms with Gasteiger partial charge in [-0.15, -0.1) is 0 Å². The van der Waals surface area contributed by atoms with Gasteiger partial charge in [0.15, 0.2) is 0 Å². The van der Waals surface area contributed by atoms with E-state index >= 15 is 0 Å². The van der Waals surface area contributed by atoms with Gasteiger partial charge in [0, 0.05) is 18.2 Å². The Morgan fingerprint density at radius 3 is 2.76 bits per heavy atom. The minimum absolute atomic E-state index is 0.0134. The van der Waals surface area contributed by atoms with E-state index in [1.54, 1.807) is 19.2 Å². The maximum absolute atomic E-state index is 13.9. The van der Waals surface area contributed by atoms with E-state index in [-0.39, 0.29) is 17.5 Å². The largest absolute Gasteiger partial charge is 0.378 e. The molecule has 2 rings (SSSR count). The Morgan fingerprint density at radius 2 is 2.19 bits per heavy atom. The molecule has 0 spiro atoms. The van der Waals surface area contributed by atoms with Crippen molar-refractivity contribution < 1.29 is 9.13 Å². The highest BCUT2D eigenvalue weighted by molar-refractivity contribution is 6.30. The van der Waals surface area contributed by atoms with E-state index in [1.165, 1.54) is 12.5 Å². The lowest BCUT2D eigenvalue weighted by Crippen LogP contribution is -2.46. The van der Waals surface area contributed by atoms with Gasteiger partial charge in [-0.25, -0.2) is 4.39 Å². The van der Waals surface area contributed by atoms with Crippen LogP contribution < -0.4 is 5.32 Å². The number of ether oxygens (including phenoxy) is 1. The Morgan fingerprint density at radius 1 is 1.43 bits per heavy atom. The van der Waals surface area contributed by atoms with Gasteiger partial charge in [-0.2, -0.15) is 0 Å². The molecule has 0 amide bonds. The molecule has 1 N–H and O–H groups in total. The summed E-state index contributed by atoms with van der Waals surface area (Å²) in [6.45, 7) is 3.08. The Kier molecular flexibility index (Phi) is 6.03. The Hall–Kier alpha value is -0.640. The molecule has 1 aromatic rings. The highest BCUT2D eigenvalue weighted by Gasteiger charge is 2.39. The van der Waals surface area contributed by atoms with E-state index < -0.39 is 0 Å². The van der Waals surface area contributed by atoms with Crippen LogP contribution in [0.25, 0.3) is 0 Å². The van der Waals surface area contributed by atoms with Gasteiger partial charge in [0.2, 0.25) is 0 Å². The van der Waals surface area contributed by atoms with Crippen LogP contribution >= 0.6 is 11.6 Å². The first kappa shape index (κ1) is 16.7. The van der Waals surface area contributed by atoms with Crippen molar-refractivity contribution >= 4 is 11.6 Å². The first-order valence-corrected chi connectivity index (χ1v) is 8.19. The minimum Gasteiger partial charge on any atom is -0.378 e. The fraction of sp³-hybridized carbons (Fsp3) is 0.647. The smallest absolute Gasteiger partial charge is 0.126 e. The first-order chi connectivity index (χ1) is 10.1. The van der Waals surface area contributed by atoms with Crippen molar-refractivity contribution in [1.29, 1.82) is 0 Å². The zero-order chi connectivity index (χ0) is 15.3. The standard InChI is InChI=1S/C17H25ClFNO/c1-3-9-20-15(12-17(21-2)7-4-8-17)11-13-10-14(18)5-6-16(13)19/h5-6,10,15,20H,3-4,7-9,11-12H2,1-2H3. The van der Waals surface area contributed by atoms with Crippen LogP contribution in [0.15, 0.2) is 18.2 Å². The Bertz CT molecular complexity index is 457. The third kappa shape index (κ3) is 4.41. The normalized spacial score (nSPS) is 18.3. The molecule has 1 aliphatic carbocycles. The van der Waals surface area contributed by atoms with Crippen molar-refractivity contribution in [2.24, 2.45) is 0 Å². The average Bonchev–Trinajstić information content (AvgIpc) is 2.43. The van der Waals surface area contributed by atoms with Crippen molar-refractivity contribution in [1.82, 2.24) is 5.32 Å². The van der Waals surface area contributed by atoms with Crippen LogP contribution in [0.1, 0.15) is 44.6 Å². The van der Waals surface area contributed by atoms with Crippen molar-refractivity contribution in [3.05, 3.63) is 34.6 Å². The van der Waals surface area contributed by atoms with E-state index in [2.05, 4.69) is 12.2 Å². The van der Waals surface area contributed by atoms with Gasteiger partial charge in [-0.05, 0) is 68.8 Å². The summed E-state index contributed by atoms with van der Waals surface area (Å²) in [7, 11) is 1.79. The molecule has 118 valence electrons. The second kappa shape index (κ2) is 7.57. The summed E-state index contributed by atoms with van der Waals surface area (Å²) >= 11 is 5.99. The van der Waals surface area contributed by atoms with E-state index in [4.69, 9.17) is 16.3 Å². The fourth-order valence-electron chi connectivity index (χ4n) is 3.04. The van der Waals surface area contributed by atoms with Crippen molar-refractivity contribution in [3.63, 3.8) is 0 Å². The van der Waals surface area contributed by atoms with Gasteiger partial charge in [0.1, 0.15) is 5.82 Å². The summed E-state index contributed by atoms with van der Waals surface area (Å²) in [6, 6.07) is 5.00. The predicted molar refractivity (Wildman–Crippen MR) is 85.4 cm³/mol. The molecule has 0 radical (unpaired) electrons.